The van der Waals surface area contributed by atoms with E-state index < -0.39 is 10.0 Å². The van der Waals surface area contributed by atoms with Gasteiger partial charge in [-0.25, -0.2) is 18.1 Å². The fourth-order valence-corrected chi connectivity index (χ4v) is 2.60. The molecular formula is C8H9ClN2O3S. The molecule has 0 bridgehead atoms. The van der Waals surface area contributed by atoms with E-state index in [9.17, 15) is 8.42 Å². The molecule has 0 amide bonds. The van der Waals surface area contributed by atoms with E-state index in [4.69, 9.17) is 16.3 Å². The Morgan fingerprint density at radius 1 is 1.53 bits per heavy atom. The molecule has 0 saturated carbocycles. The standard InChI is InChI=1S/C8H9ClN2O3S/c9-8-3-7(1-2-10-8)15(12,13)11-6-4-14-5-6/h1-3,6,11H,4-5H2. The molecule has 15 heavy (non-hydrogen) atoms. The van der Waals surface area contributed by atoms with Crippen molar-refractivity contribution in [3.63, 3.8) is 0 Å². The van der Waals surface area contributed by atoms with Crippen LogP contribution >= 0.6 is 11.6 Å². The Morgan fingerprint density at radius 2 is 2.27 bits per heavy atom. The molecule has 1 saturated heterocycles. The zero-order valence-corrected chi connectivity index (χ0v) is 9.25. The average molecular weight is 249 g/mol. The lowest BCUT2D eigenvalue weighted by atomic mass is 10.3. The van der Waals surface area contributed by atoms with E-state index in [1.807, 2.05) is 0 Å². The van der Waals surface area contributed by atoms with Crippen LogP contribution in [-0.2, 0) is 14.8 Å². The van der Waals surface area contributed by atoms with Crippen LogP contribution in [0.5, 0.6) is 0 Å². The summed E-state index contributed by atoms with van der Waals surface area (Å²) in [5, 5.41) is 0.155. The molecular weight excluding hydrogens is 240 g/mol. The molecule has 5 nitrogen and oxygen atoms in total. The molecule has 0 aromatic carbocycles. The second kappa shape index (κ2) is 4.05. The third-order valence-electron chi connectivity index (χ3n) is 1.97. The lowest BCUT2D eigenvalue weighted by Gasteiger charge is -2.26. The minimum atomic E-state index is -3.50. The van der Waals surface area contributed by atoms with Gasteiger partial charge in [0, 0.05) is 6.20 Å². The highest BCUT2D eigenvalue weighted by molar-refractivity contribution is 7.89. The molecule has 1 N–H and O–H groups in total. The van der Waals surface area contributed by atoms with Crippen LogP contribution in [0.4, 0.5) is 0 Å². The molecule has 1 aliphatic rings. The fraction of sp³-hybridized carbons (Fsp3) is 0.375. The van der Waals surface area contributed by atoms with Gasteiger partial charge in [-0.2, -0.15) is 0 Å². The van der Waals surface area contributed by atoms with Gasteiger partial charge < -0.3 is 4.74 Å². The zero-order chi connectivity index (χ0) is 10.9. The minimum absolute atomic E-state index is 0.120. The lowest BCUT2D eigenvalue weighted by Crippen LogP contribution is -2.48. The molecule has 1 aromatic rings. The fourth-order valence-electron chi connectivity index (χ4n) is 1.14. The second-order valence-corrected chi connectivity index (χ2v) is 5.27. The van der Waals surface area contributed by atoms with Crippen molar-refractivity contribution in [2.45, 2.75) is 10.9 Å². The summed E-state index contributed by atoms with van der Waals surface area (Å²) in [6.07, 6.45) is 1.36. The maximum Gasteiger partial charge on any atom is 0.241 e. The zero-order valence-electron chi connectivity index (χ0n) is 7.68. The molecule has 1 aromatic heterocycles. The van der Waals surface area contributed by atoms with Crippen molar-refractivity contribution in [1.82, 2.24) is 9.71 Å². The Morgan fingerprint density at radius 3 is 2.80 bits per heavy atom. The van der Waals surface area contributed by atoms with E-state index in [-0.39, 0.29) is 16.1 Å². The topological polar surface area (TPSA) is 68.3 Å². The number of pyridine rings is 1. The van der Waals surface area contributed by atoms with Crippen LogP contribution in [0, 0.1) is 0 Å². The van der Waals surface area contributed by atoms with Crippen LogP contribution in [0.15, 0.2) is 23.2 Å². The van der Waals surface area contributed by atoms with Crippen LogP contribution in [-0.4, -0.2) is 32.7 Å². The summed E-state index contributed by atoms with van der Waals surface area (Å²) in [5.74, 6) is 0. The molecule has 82 valence electrons. The van der Waals surface area contributed by atoms with Crippen molar-refractivity contribution in [1.29, 1.82) is 0 Å². The third-order valence-corrected chi connectivity index (χ3v) is 3.69. The molecule has 2 rings (SSSR count). The van der Waals surface area contributed by atoms with Crippen molar-refractivity contribution >= 4 is 21.6 Å². The Labute approximate surface area is 92.5 Å². The van der Waals surface area contributed by atoms with Crippen LogP contribution in [0.2, 0.25) is 5.15 Å². The van der Waals surface area contributed by atoms with Gasteiger partial charge in [0.2, 0.25) is 10.0 Å². The number of rotatable bonds is 3. The minimum Gasteiger partial charge on any atom is -0.378 e. The van der Waals surface area contributed by atoms with Gasteiger partial charge in [0.05, 0.1) is 24.2 Å². The molecule has 0 atom stereocenters. The normalized spacial score (nSPS) is 17.4. The Balaban J connectivity index is 2.20. The highest BCUT2D eigenvalue weighted by atomic mass is 35.5. The van der Waals surface area contributed by atoms with Gasteiger partial charge in [0.15, 0.2) is 0 Å². The Hall–Kier alpha value is -0.690. The van der Waals surface area contributed by atoms with Crippen LogP contribution in [0.3, 0.4) is 0 Å². The van der Waals surface area contributed by atoms with Gasteiger partial charge >= 0.3 is 0 Å². The summed E-state index contributed by atoms with van der Waals surface area (Å²) in [4.78, 5) is 3.83. The first-order chi connectivity index (χ1) is 7.08. The van der Waals surface area contributed by atoms with E-state index in [0.717, 1.165) is 0 Å². The summed E-state index contributed by atoms with van der Waals surface area (Å²) in [6, 6.07) is 2.57. The van der Waals surface area contributed by atoms with E-state index in [1.165, 1.54) is 18.3 Å². The van der Waals surface area contributed by atoms with Gasteiger partial charge in [-0.3, -0.25) is 0 Å². The van der Waals surface area contributed by atoms with Gasteiger partial charge in [-0.1, -0.05) is 11.6 Å². The summed E-state index contributed by atoms with van der Waals surface area (Å²) in [7, 11) is -3.50. The quantitative estimate of drug-likeness (QED) is 0.787. The van der Waals surface area contributed by atoms with Crippen molar-refractivity contribution in [2.24, 2.45) is 0 Å². The first-order valence-corrected chi connectivity index (χ1v) is 6.16. The number of aromatic nitrogens is 1. The Kier molecular flexibility index (Phi) is 2.92. The molecule has 1 aliphatic heterocycles. The van der Waals surface area contributed by atoms with Crippen molar-refractivity contribution < 1.29 is 13.2 Å². The Bertz CT molecular complexity index is 459. The van der Waals surface area contributed by atoms with Gasteiger partial charge in [-0.05, 0) is 12.1 Å². The predicted octanol–water partition coefficient (Wildman–Crippen LogP) is 0.412. The molecule has 0 unspecified atom stereocenters. The SMILES string of the molecule is O=S(=O)(NC1COC1)c1ccnc(Cl)c1. The van der Waals surface area contributed by atoms with Gasteiger partial charge in [0.25, 0.3) is 0 Å². The molecule has 1 fully saturated rings. The summed E-state index contributed by atoms with van der Waals surface area (Å²) >= 11 is 5.61. The van der Waals surface area contributed by atoms with E-state index in [1.54, 1.807) is 0 Å². The van der Waals surface area contributed by atoms with Gasteiger partial charge in [0.1, 0.15) is 5.15 Å². The number of nitrogens with zero attached hydrogens (tertiary/aromatic N) is 1. The molecule has 7 heteroatoms. The number of halogens is 1. The van der Waals surface area contributed by atoms with E-state index in [2.05, 4.69) is 9.71 Å². The van der Waals surface area contributed by atoms with Crippen LogP contribution in [0.1, 0.15) is 0 Å². The predicted molar refractivity (Wildman–Crippen MR) is 54.2 cm³/mol. The smallest absolute Gasteiger partial charge is 0.241 e. The van der Waals surface area contributed by atoms with Crippen LogP contribution in [0.25, 0.3) is 0 Å². The monoisotopic (exact) mass is 248 g/mol. The summed E-state index contributed by atoms with van der Waals surface area (Å²) in [6.45, 7) is 0.829. The molecule has 0 radical (unpaired) electrons. The number of ether oxygens (including phenoxy) is 1. The maximum absolute atomic E-state index is 11.7. The first kappa shape index (κ1) is 10.8. The number of hydrogen-bond donors (Lipinski definition) is 1. The van der Waals surface area contributed by atoms with Crippen molar-refractivity contribution in [3.05, 3.63) is 23.5 Å². The summed E-state index contributed by atoms with van der Waals surface area (Å²) < 4.78 is 30.8. The molecule has 0 spiro atoms. The number of sulfonamides is 1. The largest absolute Gasteiger partial charge is 0.378 e. The van der Waals surface area contributed by atoms with Crippen molar-refractivity contribution in [3.8, 4) is 0 Å². The van der Waals surface area contributed by atoms with Gasteiger partial charge in [-0.15, -0.1) is 0 Å². The third kappa shape index (κ3) is 2.46. The molecule has 2 heterocycles. The lowest BCUT2D eigenvalue weighted by molar-refractivity contribution is 0.00482. The highest BCUT2D eigenvalue weighted by Crippen LogP contribution is 2.14. The second-order valence-electron chi connectivity index (χ2n) is 3.17. The number of nitrogens with one attached hydrogen (secondary N) is 1. The van der Waals surface area contributed by atoms with E-state index in [0.29, 0.717) is 13.2 Å². The highest BCUT2D eigenvalue weighted by Gasteiger charge is 2.25. The van der Waals surface area contributed by atoms with Crippen LogP contribution < -0.4 is 4.72 Å². The first-order valence-electron chi connectivity index (χ1n) is 4.29. The average Bonchev–Trinajstić information content (AvgIpc) is 2.12. The van der Waals surface area contributed by atoms with E-state index >= 15 is 0 Å². The molecule has 0 aliphatic carbocycles. The van der Waals surface area contributed by atoms with Crippen molar-refractivity contribution in [2.75, 3.05) is 13.2 Å². The number of hydrogen-bond acceptors (Lipinski definition) is 4. The summed E-state index contributed by atoms with van der Waals surface area (Å²) in [5.41, 5.74) is 0. The maximum atomic E-state index is 11.7.